The number of imidazole rings is 1. The van der Waals surface area contributed by atoms with Gasteiger partial charge in [-0.15, -0.1) is 0 Å². The highest BCUT2D eigenvalue weighted by molar-refractivity contribution is 5.69. The third-order valence-electron chi connectivity index (χ3n) is 3.55. The largest absolute Gasteiger partial charge is 0.368 e. The van der Waals surface area contributed by atoms with Crippen LogP contribution in [0.5, 0.6) is 0 Å². The summed E-state index contributed by atoms with van der Waals surface area (Å²) in [6.07, 6.45) is 2.50. The van der Waals surface area contributed by atoms with Crippen LogP contribution in [0.4, 0.5) is 0 Å². The van der Waals surface area contributed by atoms with E-state index in [0.717, 1.165) is 6.42 Å². The van der Waals surface area contributed by atoms with E-state index in [0.29, 0.717) is 37.0 Å². The first-order valence-electron chi connectivity index (χ1n) is 6.90. The number of hydrogen-bond donors (Lipinski definition) is 2. The van der Waals surface area contributed by atoms with E-state index in [1.54, 1.807) is 18.7 Å². The first-order valence-corrected chi connectivity index (χ1v) is 6.90. The average Bonchev–Trinajstić information content (AvgIpc) is 2.81. The number of aliphatic hydroxyl groups excluding tert-OH is 1. The van der Waals surface area contributed by atoms with Crippen molar-refractivity contribution < 1.29 is 10.2 Å². The Balaban J connectivity index is 2.22. The van der Waals surface area contributed by atoms with Crippen LogP contribution in [-0.4, -0.2) is 35.2 Å². The van der Waals surface area contributed by atoms with Crippen molar-refractivity contribution >= 4 is 11.2 Å². The minimum Gasteiger partial charge on any atom is -0.368 e. The highest BCUT2D eigenvalue weighted by atomic mass is 16.5. The average molecular weight is 296 g/mol. The second-order valence-electron chi connectivity index (χ2n) is 5.16. The normalized spacial score (nSPS) is 11.7. The van der Waals surface area contributed by atoms with E-state index < -0.39 is 6.29 Å². The Hall–Kier alpha value is -1.93. The van der Waals surface area contributed by atoms with Gasteiger partial charge >= 0.3 is 5.69 Å². The molecule has 2 N–H and O–H groups in total. The highest BCUT2D eigenvalue weighted by Gasteiger charge is 2.14. The molecule has 2 rings (SSSR count). The zero-order valence-corrected chi connectivity index (χ0v) is 12.2. The molecule has 0 spiro atoms. The van der Waals surface area contributed by atoms with Crippen LogP contribution in [0, 0.1) is 0 Å². The Labute approximate surface area is 120 Å². The molecule has 2 aromatic heterocycles. The van der Waals surface area contributed by atoms with Crippen molar-refractivity contribution in [2.75, 3.05) is 0 Å². The van der Waals surface area contributed by atoms with Crippen LogP contribution in [0.2, 0.25) is 0 Å². The topological polar surface area (TPSA) is 102 Å². The summed E-state index contributed by atoms with van der Waals surface area (Å²) in [6, 6.07) is 0. The van der Waals surface area contributed by atoms with Gasteiger partial charge in [-0.25, -0.2) is 9.78 Å². The van der Waals surface area contributed by atoms with E-state index in [1.807, 2.05) is 0 Å². The Kier molecular flexibility index (Phi) is 4.59. The van der Waals surface area contributed by atoms with Gasteiger partial charge in [0, 0.05) is 20.6 Å². The molecule has 2 heterocycles. The van der Waals surface area contributed by atoms with Crippen molar-refractivity contribution in [3.63, 3.8) is 0 Å². The highest BCUT2D eigenvalue weighted by Crippen LogP contribution is 2.05. The summed E-state index contributed by atoms with van der Waals surface area (Å²) >= 11 is 0. The summed E-state index contributed by atoms with van der Waals surface area (Å²) in [5, 5.41) is 17.5. The van der Waals surface area contributed by atoms with Crippen molar-refractivity contribution in [1.29, 1.82) is 0 Å². The molecule has 8 heteroatoms. The van der Waals surface area contributed by atoms with Crippen molar-refractivity contribution in [1.82, 2.24) is 18.7 Å². The molecular weight excluding hydrogens is 276 g/mol. The van der Waals surface area contributed by atoms with Crippen LogP contribution in [0.15, 0.2) is 15.9 Å². The lowest BCUT2D eigenvalue weighted by Crippen LogP contribution is -2.39. The summed E-state index contributed by atoms with van der Waals surface area (Å²) in [4.78, 5) is 28.6. The second-order valence-corrected chi connectivity index (χ2v) is 5.16. The van der Waals surface area contributed by atoms with E-state index in [-0.39, 0.29) is 11.2 Å². The van der Waals surface area contributed by atoms with Crippen LogP contribution in [0.1, 0.15) is 25.7 Å². The lowest BCUT2D eigenvalue weighted by molar-refractivity contribution is -0.0466. The number of aryl methyl sites for hydroxylation is 2. The van der Waals surface area contributed by atoms with Crippen LogP contribution >= 0.6 is 0 Å². The first-order chi connectivity index (χ1) is 9.93. The van der Waals surface area contributed by atoms with Gasteiger partial charge in [0.15, 0.2) is 17.5 Å². The number of hydrogen-bond acceptors (Lipinski definition) is 5. The molecule has 0 amide bonds. The standard InChI is InChI=1S/C13H20N4O4/c1-15-8-14-11-10(15)12(20)17(13(21)16(11)2)7-5-3-4-6-9(18)19/h8-9,18-19H,3-7H2,1-2H3. The number of rotatable bonds is 6. The van der Waals surface area contributed by atoms with Crippen LogP contribution < -0.4 is 11.2 Å². The van der Waals surface area contributed by atoms with Crippen molar-refractivity contribution in [2.24, 2.45) is 14.1 Å². The number of aliphatic hydroxyl groups is 2. The minimum atomic E-state index is -1.30. The van der Waals surface area contributed by atoms with Gasteiger partial charge in [0.05, 0.1) is 6.33 Å². The zero-order valence-electron chi connectivity index (χ0n) is 12.2. The maximum atomic E-state index is 12.4. The summed E-state index contributed by atoms with van der Waals surface area (Å²) in [5.74, 6) is 0. The Bertz CT molecular complexity index is 741. The van der Waals surface area contributed by atoms with Gasteiger partial charge in [-0.2, -0.15) is 0 Å². The molecule has 0 aliphatic carbocycles. The zero-order chi connectivity index (χ0) is 15.6. The molecule has 0 aliphatic heterocycles. The lowest BCUT2D eigenvalue weighted by Gasteiger charge is -2.08. The van der Waals surface area contributed by atoms with E-state index in [4.69, 9.17) is 10.2 Å². The second kappa shape index (κ2) is 6.23. The summed E-state index contributed by atoms with van der Waals surface area (Å²) in [5.41, 5.74) is 0.0683. The van der Waals surface area contributed by atoms with Gasteiger partial charge in [0.1, 0.15) is 0 Å². The smallest absolute Gasteiger partial charge is 0.332 e. The van der Waals surface area contributed by atoms with Gasteiger partial charge < -0.3 is 14.8 Å². The van der Waals surface area contributed by atoms with Crippen molar-refractivity contribution in [3.8, 4) is 0 Å². The minimum absolute atomic E-state index is 0.299. The maximum Gasteiger partial charge on any atom is 0.332 e. The molecule has 0 aromatic carbocycles. The van der Waals surface area contributed by atoms with Crippen molar-refractivity contribution in [2.45, 2.75) is 38.5 Å². The third-order valence-corrected chi connectivity index (χ3v) is 3.55. The molecule has 8 nitrogen and oxygen atoms in total. The molecule has 2 aromatic rings. The van der Waals surface area contributed by atoms with Crippen LogP contribution in [0.25, 0.3) is 11.2 Å². The van der Waals surface area contributed by atoms with Gasteiger partial charge in [-0.1, -0.05) is 6.42 Å². The fraction of sp³-hybridized carbons (Fsp3) is 0.615. The molecule has 0 fully saturated rings. The molecule has 0 bridgehead atoms. The van der Waals surface area contributed by atoms with Crippen LogP contribution in [0.3, 0.4) is 0 Å². The quantitative estimate of drug-likeness (QED) is 0.542. The molecule has 21 heavy (non-hydrogen) atoms. The molecule has 0 radical (unpaired) electrons. The summed E-state index contributed by atoms with van der Waals surface area (Å²) in [7, 11) is 3.31. The fourth-order valence-electron chi connectivity index (χ4n) is 2.37. The third kappa shape index (κ3) is 3.06. The molecule has 0 aliphatic rings. The SMILES string of the molecule is Cn1cnc2c1c(=O)n(CCCCCC(O)O)c(=O)n2C. The van der Waals surface area contributed by atoms with Gasteiger partial charge in [-0.05, 0) is 19.3 Å². The van der Waals surface area contributed by atoms with E-state index >= 15 is 0 Å². The summed E-state index contributed by atoms with van der Waals surface area (Å²) < 4.78 is 4.18. The summed E-state index contributed by atoms with van der Waals surface area (Å²) in [6.45, 7) is 0.314. The van der Waals surface area contributed by atoms with Crippen molar-refractivity contribution in [3.05, 3.63) is 27.2 Å². The molecular formula is C13H20N4O4. The van der Waals surface area contributed by atoms with Gasteiger partial charge in [-0.3, -0.25) is 13.9 Å². The molecule has 0 atom stereocenters. The van der Waals surface area contributed by atoms with Gasteiger partial charge in [0.25, 0.3) is 5.56 Å². The van der Waals surface area contributed by atoms with Gasteiger partial charge in [0.2, 0.25) is 0 Å². The molecule has 0 saturated carbocycles. The number of nitrogens with zero attached hydrogens (tertiary/aromatic N) is 4. The number of aromatic nitrogens is 4. The Morgan fingerprint density at radius 3 is 2.57 bits per heavy atom. The lowest BCUT2D eigenvalue weighted by atomic mass is 10.2. The monoisotopic (exact) mass is 296 g/mol. The maximum absolute atomic E-state index is 12.4. The Morgan fingerprint density at radius 2 is 1.90 bits per heavy atom. The van der Waals surface area contributed by atoms with E-state index in [1.165, 1.54) is 15.5 Å². The van der Waals surface area contributed by atoms with E-state index in [9.17, 15) is 9.59 Å². The predicted octanol–water partition coefficient (Wildman–Crippen LogP) is -0.695. The number of unbranched alkanes of at least 4 members (excludes halogenated alkanes) is 2. The predicted molar refractivity (Wildman–Crippen MR) is 76.9 cm³/mol. The van der Waals surface area contributed by atoms with Crippen LogP contribution in [-0.2, 0) is 20.6 Å². The first kappa shape index (κ1) is 15.5. The molecule has 116 valence electrons. The van der Waals surface area contributed by atoms with E-state index in [2.05, 4.69) is 4.98 Å². The molecule has 0 saturated heterocycles. The fourth-order valence-corrected chi connectivity index (χ4v) is 2.37. The Morgan fingerprint density at radius 1 is 1.19 bits per heavy atom. The molecule has 0 unspecified atom stereocenters. The number of fused-ring (bicyclic) bond motifs is 1.